The van der Waals surface area contributed by atoms with Crippen LogP contribution in [0.5, 0.6) is 0 Å². The number of hydrogen-bond acceptors (Lipinski definition) is 7. The minimum absolute atomic E-state index is 0.134. The first-order valence-electron chi connectivity index (χ1n) is 6.37. The maximum absolute atomic E-state index is 14.3. The first-order chi connectivity index (χ1) is 10.8. The largest absolute Gasteiger partial charge is 0.393 e. The lowest BCUT2D eigenvalue weighted by Gasteiger charge is -2.28. The topological polar surface area (TPSA) is 119 Å². The van der Waals surface area contributed by atoms with Crippen LogP contribution < -0.4 is 5.73 Å². The molecule has 3 heterocycles. The zero-order valence-corrected chi connectivity index (χ0v) is 11.3. The van der Waals surface area contributed by atoms with E-state index in [0.29, 0.717) is 0 Å². The van der Waals surface area contributed by atoms with Gasteiger partial charge in [-0.15, -0.1) is 5.10 Å². The third-order valence-electron chi connectivity index (χ3n) is 3.73. The van der Waals surface area contributed by atoms with Crippen LogP contribution in [-0.4, -0.2) is 60.7 Å². The van der Waals surface area contributed by atoms with Gasteiger partial charge in [0.25, 0.3) is 6.43 Å². The molecule has 0 saturated carbocycles. The van der Waals surface area contributed by atoms with Gasteiger partial charge in [0.2, 0.25) is 0 Å². The maximum atomic E-state index is 14.3. The zero-order valence-electron chi connectivity index (χ0n) is 11.3. The number of alkyl halides is 3. The molecule has 0 bridgehead atoms. The van der Waals surface area contributed by atoms with Crippen molar-refractivity contribution in [3.63, 3.8) is 0 Å². The van der Waals surface area contributed by atoms with Gasteiger partial charge in [-0.25, -0.2) is 22.7 Å². The van der Waals surface area contributed by atoms with E-state index in [0.717, 1.165) is 10.7 Å². The van der Waals surface area contributed by atoms with Crippen LogP contribution in [0, 0.1) is 6.08 Å². The van der Waals surface area contributed by atoms with Gasteiger partial charge in [-0.1, -0.05) is 0 Å². The number of nitrogens with zero attached hydrogens (tertiary/aromatic N) is 4. The van der Waals surface area contributed by atoms with E-state index < -0.39 is 43.1 Å². The second-order valence-electron chi connectivity index (χ2n) is 5.03. The molecule has 2 aromatic heterocycles. The van der Waals surface area contributed by atoms with Gasteiger partial charge >= 0.3 is 6.08 Å². The van der Waals surface area contributed by atoms with Crippen molar-refractivity contribution in [2.75, 3.05) is 12.3 Å². The Balaban J connectivity index is 2.09. The van der Waals surface area contributed by atoms with E-state index in [1.807, 2.05) is 0 Å². The van der Waals surface area contributed by atoms with Crippen molar-refractivity contribution < 1.29 is 32.5 Å². The number of nitrogens with two attached hydrogens (primary N) is 1. The van der Waals surface area contributed by atoms with E-state index in [1.165, 1.54) is 0 Å². The van der Waals surface area contributed by atoms with Crippen LogP contribution in [0.4, 0.5) is 23.4 Å². The Labute approximate surface area is 125 Å². The summed E-state index contributed by atoms with van der Waals surface area (Å²) < 4.78 is 59.5. The Bertz CT molecular complexity index is 744. The fourth-order valence-corrected chi connectivity index (χ4v) is 2.50. The highest BCUT2D eigenvalue weighted by atomic mass is 19.3. The molecule has 12 heteroatoms. The second kappa shape index (κ2) is 5.25. The van der Waals surface area contributed by atoms with Crippen LogP contribution >= 0.6 is 0 Å². The minimum atomic E-state index is -3.36. The molecule has 2 aromatic rings. The monoisotopic (exact) mass is 337 g/mol. The second-order valence-corrected chi connectivity index (χ2v) is 5.03. The smallest absolute Gasteiger partial charge is 0.328 e. The van der Waals surface area contributed by atoms with Gasteiger partial charge in [0.05, 0.1) is 18.5 Å². The van der Waals surface area contributed by atoms with Crippen LogP contribution in [0.15, 0.2) is 6.20 Å². The number of nitrogen functional groups attached to an aromatic ring is 1. The first-order valence-corrected chi connectivity index (χ1v) is 6.37. The maximum Gasteiger partial charge on any atom is 0.328 e. The Kier molecular flexibility index (Phi) is 3.61. The third kappa shape index (κ3) is 2.13. The molecule has 0 aliphatic carbocycles. The van der Waals surface area contributed by atoms with Crippen molar-refractivity contribution in [2.45, 2.75) is 30.4 Å². The van der Waals surface area contributed by atoms with Gasteiger partial charge in [0.1, 0.15) is 12.2 Å². The van der Waals surface area contributed by atoms with E-state index in [-0.39, 0.29) is 17.2 Å². The lowest BCUT2D eigenvalue weighted by molar-refractivity contribution is -0.186. The molecule has 23 heavy (non-hydrogen) atoms. The highest BCUT2D eigenvalue weighted by Crippen LogP contribution is 2.44. The summed E-state index contributed by atoms with van der Waals surface area (Å²) in [5.74, 6) is -0.347. The molecule has 1 aliphatic rings. The number of fused-ring (bicyclic) bond motifs is 1. The van der Waals surface area contributed by atoms with Gasteiger partial charge in [-0.2, -0.15) is 9.37 Å². The van der Waals surface area contributed by atoms with Gasteiger partial charge < -0.3 is 20.7 Å². The molecular formula is C11H11F4N5O3. The summed E-state index contributed by atoms with van der Waals surface area (Å²) in [5.41, 5.74) is 2.25. The Hall–Kier alpha value is -2.05. The summed E-state index contributed by atoms with van der Waals surface area (Å²) in [6, 6.07) is 0. The number of aromatic nitrogens is 4. The summed E-state index contributed by atoms with van der Waals surface area (Å²) in [6.45, 7) is -1.31. The molecular weight excluding hydrogens is 326 g/mol. The van der Waals surface area contributed by atoms with Gasteiger partial charge in [-0.05, 0) is 0 Å². The molecule has 1 saturated heterocycles. The summed E-state index contributed by atoms with van der Waals surface area (Å²) in [4.78, 5) is 6.97. The number of aliphatic hydroxyl groups is 2. The molecule has 126 valence electrons. The van der Waals surface area contributed by atoms with E-state index in [9.17, 15) is 22.7 Å². The Morgan fingerprint density at radius 2 is 2.17 bits per heavy atom. The van der Waals surface area contributed by atoms with E-state index >= 15 is 0 Å². The number of imidazole rings is 1. The number of halogens is 4. The lowest BCUT2D eigenvalue weighted by Crippen LogP contribution is -2.51. The van der Waals surface area contributed by atoms with E-state index in [1.54, 1.807) is 0 Å². The van der Waals surface area contributed by atoms with Crippen molar-refractivity contribution in [1.82, 2.24) is 19.6 Å². The molecule has 0 amide bonds. The quantitative estimate of drug-likeness (QED) is 0.653. The molecule has 1 fully saturated rings. The SMILES string of the molecule is Nc1nc(F)nn2c(C3OC(CO)(C(F)F)C(O)C3F)cnc12. The average Bonchev–Trinajstić information content (AvgIpc) is 3.01. The molecule has 8 nitrogen and oxygen atoms in total. The molecule has 0 spiro atoms. The van der Waals surface area contributed by atoms with Crippen LogP contribution in [-0.2, 0) is 4.74 Å². The highest BCUT2D eigenvalue weighted by Gasteiger charge is 2.61. The van der Waals surface area contributed by atoms with Crippen LogP contribution in [0.1, 0.15) is 11.8 Å². The third-order valence-corrected chi connectivity index (χ3v) is 3.73. The summed E-state index contributed by atoms with van der Waals surface area (Å²) in [7, 11) is 0. The molecule has 3 rings (SSSR count). The van der Waals surface area contributed by atoms with Crippen molar-refractivity contribution in [3.05, 3.63) is 18.0 Å². The van der Waals surface area contributed by atoms with E-state index in [2.05, 4.69) is 15.1 Å². The number of aliphatic hydroxyl groups excluding tert-OH is 2. The lowest BCUT2D eigenvalue weighted by atomic mass is 9.96. The fourth-order valence-electron chi connectivity index (χ4n) is 2.50. The van der Waals surface area contributed by atoms with Crippen molar-refractivity contribution >= 4 is 11.5 Å². The normalized spacial score (nSPS) is 31.3. The Morgan fingerprint density at radius 1 is 1.48 bits per heavy atom. The van der Waals surface area contributed by atoms with Crippen molar-refractivity contribution in [1.29, 1.82) is 0 Å². The van der Waals surface area contributed by atoms with Crippen LogP contribution in [0.25, 0.3) is 5.65 Å². The van der Waals surface area contributed by atoms with Crippen LogP contribution in [0.3, 0.4) is 0 Å². The zero-order chi connectivity index (χ0) is 16.9. The molecule has 4 atom stereocenters. The Morgan fingerprint density at radius 3 is 2.74 bits per heavy atom. The summed E-state index contributed by atoms with van der Waals surface area (Å²) in [5, 5.41) is 22.2. The van der Waals surface area contributed by atoms with Gasteiger partial charge in [0, 0.05) is 0 Å². The number of anilines is 1. The molecule has 0 aromatic carbocycles. The van der Waals surface area contributed by atoms with E-state index in [4.69, 9.17) is 15.6 Å². The minimum Gasteiger partial charge on any atom is -0.393 e. The van der Waals surface area contributed by atoms with Crippen molar-refractivity contribution in [3.8, 4) is 0 Å². The number of hydrogen-bond donors (Lipinski definition) is 3. The summed E-state index contributed by atoms with van der Waals surface area (Å²) >= 11 is 0. The fraction of sp³-hybridized carbons (Fsp3) is 0.545. The van der Waals surface area contributed by atoms with Crippen LogP contribution in [0.2, 0.25) is 0 Å². The number of ether oxygens (including phenoxy) is 1. The summed E-state index contributed by atoms with van der Waals surface area (Å²) in [6.07, 6.45) is -9.99. The van der Waals surface area contributed by atoms with Gasteiger partial charge in [-0.3, -0.25) is 0 Å². The number of rotatable bonds is 3. The van der Waals surface area contributed by atoms with Crippen molar-refractivity contribution in [2.24, 2.45) is 0 Å². The highest BCUT2D eigenvalue weighted by molar-refractivity contribution is 5.59. The molecule has 0 radical (unpaired) electrons. The molecule has 4 N–H and O–H groups in total. The standard InChI is InChI=1S/C11H11F4N5O3/c12-4-5(23-11(2-21,6(4)22)9(13)14)3-1-17-8-7(16)18-10(15)19-20(3)8/h1,4-6,9,21-22H,2H2,(H2,16,18,19). The molecule has 1 aliphatic heterocycles. The predicted octanol–water partition coefficient (Wildman–Crippen LogP) is -0.388. The molecule has 4 unspecified atom stereocenters. The first kappa shape index (κ1) is 15.8. The predicted molar refractivity (Wildman–Crippen MR) is 65.7 cm³/mol. The van der Waals surface area contributed by atoms with Gasteiger partial charge in [0.15, 0.2) is 23.2 Å². The average molecular weight is 337 g/mol.